The number of urea groups is 1. The maximum Gasteiger partial charge on any atom is 0.315 e. The predicted molar refractivity (Wildman–Crippen MR) is 84.6 cm³/mol. The highest BCUT2D eigenvalue weighted by atomic mass is 35.5. The zero-order chi connectivity index (χ0) is 15.9. The lowest BCUT2D eigenvalue weighted by Crippen LogP contribution is -2.39. The first-order chi connectivity index (χ1) is 10.6. The molecule has 118 valence electrons. The van der Waals surface area contributed by atoms with Gasteiger partial charge >= 0.3 is 6.03 Å². The molecule has 22 heavy (non-hydrogen) atoms. The first-order valence-electron chi connectivity index (χ1n) is 6.86. The number of nitrogens with one attached hydrogen (secondary N) is 2. The van der Waals surface area contributed by atoms with E-state index >= 15 is 0 Å². The third-order valence-electron chi connectivity index (χ3n) is 3.26. The summed E-state index contributed by atoms with van der Waals surface area (Å²) in [4.78, 5) is 12.0. The third kappa shape index (κ3) is 4.47. The number of halogens is 1. The maximum atomic E-state index is 12.0. The van der Waals surface area contributed by atoms with E-state index in [1.54, 1.807) is 30.1 Å². The molecular weight excluding hydrogens is 304 g/mol. The zero-order valence-corrected chi connectivity index (χ0v) is 13.3. The second kappa shape index (κ2) is 7.82. The lowest BCUT2D eigenvalue weighted by molar-refractivity contribution is 0.166. The largest absolute Gasteiger partial charge is 0.382 e. The summed E-state index contributed by atoms with van der Waals surface area (Å²) in [5.41, 5.74) is 1.85. The molecule has 0 saturated heterocycles. The highest BCUT2D eigenvalue weighted by molar-refractivity contribution is 6.30. The topological polar surface area (TPSA) is 68.2 Å². The van der Waals surface area contributed by atoms with Crippen molar-refractivity contribution in [2.24, 2.45) is 7.05 Å². The summed E-state index contributed by atoms with van der Waals surface area (Å²) < 4.78 is 6.88. The van der Waals surface area contributed by atoms with Crippen LogP contribution >= 0.6 is 11.6 Å². The highest BCUT2D eigenvalue weighted by Gasteiger charge is 2.14. The zero-order valence-electron chi connectivity index (χ0n) is 12.5. The van der Waals surface area contributed by atoms with Gasteiger partial charge in [0.25, 0.3) is 0 Å². The molecule has 0 aliphatic carbocycles. The van der Waals surface area contributed by atoms with Gasteiger partial charge in [-0.25, -0.2) is 4.79 Å². The highest BCUT2D eigenvalue weighted by Crippen LogP contribution is 2.16. The molecule has 0 saturated carbocycles. The van der Waals surface area contributed by atoms with Crippen LogP contribution in [0.15, 0.2) is 36.5 Å². The molecule has 1 unspecified atom stereocenters. The first-order valence-corrected chi connectivity index (χ1v) is 7.23. The second-order valence-electron chi connectivity index (χ2n) is 4.83. The van der Waals surface area contributed by atoms with E-state index in [2.05, 4.69) is 15.7 Å². The molecule has 1 atom stereocenters. The quantitative estimate of drug-likeness (QED) is 0.857. The summed E-state index contributed by atoms with van der Waals surface area (Å²) in [5, 5.41) is 10.4. The van der Waals surface area contributed by atoms with E-state index in [-0.39, 0.29) is 12.1 Å². The summed E-state index contributed by atoms with van der Waals surface area (Å²) >= 11 is 5.88. The molecule has 0 spiro atoms. The van der Waals surface area contributed by atoms with E-state index in [1.807, 2.05) is 25.2 Å². The third-order valence-corrected chi connectivity index (χ3v) is 3.52. The van der Waals surface area contributed by atoms with Crippen molar-refractivity contribution < 1.29 is 9.53 Å². The number of nitrogens with zero attached hydrogens (tertiary/aromatic N) is 2. The Kier molecular flexibility index (Phi) is 5.80. The molecule has 0 aliphatic heterocycles. The number of methoxy groups -OCH3 is 1. The SMILES string of the molecule is COCC(NC(=O)NCc1ccnn1C)c1ccc(Cl)cc1. The fourth-order valence-electron chi connectivity index (χ4n) is 2.04. The predicted octanol–water partition coefficient (Wildman–Crippen LogP) is 2.26. The van der Waals surface area contributed by atoms with Gasteiger partial charge < -0.3 is 15.4 Å². The van der Waals surface area contributed by atoms with Crippen molar-refractivity contribution in [2.75, 3.05) is 13.7 Å². The van der Waals surface area contributed by atoms with Crippen molar-refractivity contribution in [1.29, 1.82) is 0 Å². The Balaban J connectivity index is 1.94. The van der Waals surface area contributed by atoms with E-state index in [1.165, 1.54) is 0 Å². The summed E-state index contributed by atoms with van der Waals surface area (Å²) in [6.45, 7) is 0.781. The summed E-state index contributed by atoms with van der Waals surface area (Å²) in [5.74, 6) is 0. The summed E-state index contributed by atoms with van der Waals surface area (Å²) in [6, 6.07) is 8.66. The lowest BCUT2D eigenvalue weighted by Gasteiger charge is -2.19. The minimum atomic E-state index is -0.266. The van der Waals surface area contributed by atoms with Crippen LogP contribution in [0, 0.1) is 0 Å². The van der Waals surface area contributed by atoms with Crippen molar-refractivity contribution in [1.82, 2.24) is 20.4 Å². The number of carbonyl (C=O) groups is 1. The van der Waals surface area contributed by atoms with Crippen LogP contribution in [-0.2, 0) is 18.3 Å². The van der Waals surface area contributed by atoms with Gasteiger partial charge in [-0.1, -0.05) is 23.7 Å². The number of hydrogen-bond acceptors (Lipinski definition) is 3. The van der Waals surface area contributed by atoms with E-state index in [0.717, 1.165) is 11.3 Å². The summed E-state index contributed by atoms with van der Waals surface area (Å²) in [7, 11) is 3.43. The Labute approximate surface area is 134 Å². The standard InChI is InChI=1S/C15H19ClN4O2/c1-20-13(7-8-18-20)9-17-15(21)19-14(10-22-2)11-3-5-12(16)6-4-11/h3-8,14H,9-10H2,1-2H3,(H2,17,19,21). The van der Waals surface area contributed by atoms with Crippen molar-refractivity contribution in [3.05, 3.63) is 52.8 Å². The number of benzene rings is 1. The number of rotatable bonds is 6. The van der Waals surface area contributed by atoms with Crippen LogP contribution in [0.25, 0.3) is 0 Å². The molecule has 2 N–H and O–H groups in total. The Morgan fingerprint density at radius 3 is 2.68 bits per heavy atom. The fraction of sp³-hybridized carbons (Fsp3) is 0.333. The molecule has 1 aromatic heterocycles. The van der Waals surface area contributed by atoms with Crippen molar-refractivity contribution in [3.8, 4) is 0 Å². The first kappa shape index (κ1) is 16.3. The Morgan fingerprint density at radius 2 is 2.09 bits per heavy atom. The number of hydrogen-bond donors (Lipinski definition) is 2. The second-order valence-corrected chi connectivity index (χ2v) is 5.27. The van der Waals surface area contributed by atoms with Crippen LogP contribution in [0.4, 0.5) is 4.79 Å². The monoisotopic (exact) mass is 322 g/mol. The average Bonchev–Trinajstić information content (AvgIpc) is 2.91. The molecule has 2 aromatic rings. The molecule has 0 fully saturated rings. The van der Waals surface area contributed by atoms with Gasteiger partial charge in [0.1, 0.15) is 0 Å². The van der Waals surface area contributed by atoms with Crippen LogP contribution < -0.4 is 10.6 Å². The van der Waals surface area contributed by atoms with E-state index in [9.17, 15) is 4.79 Å². The van der Waals surface area contributed by atoms with Gasteiger partial charge in [-0.3, -0.25) is 4.68 Å². The van der Waals surface area contributed by atoms with E-state index in [0.29, 0.717) is 18.2 Å². The molecule has 7 heteroatoms. The number of aromatic nitrogens is 2. The van der Waals surface area contributed by atoms with Gasteiger partial charge in [0.15, 0.2) is 0 Å². The van der Waals surface area contributed by atoms with Crippen molar-refractivity contribution in [2.45, 2.75) is 12.6 Å². The van der Waals surface area contributed by atoms with Crippen LogP contribution in [0.3, 0.4) is 0 Å². The van der Waals surface area contributed by atoms with Gasteiger partial charge in [-0.05, 0) is 23.8 Å². The lowest BCUT2D eigenvalue weighted by atomic mass is 10.1. The Morgan fingerprint density at radius 1 is 1.36 bits per heavy atom. The molecule has 6 nitrogen and oxygen atoms in total. The van der Waals surface area contributed by atoms with Gasteiger partial charge in [-0.15, -0.1) is 0 Å². The normalized spacial score (nSPS) is 12.0. The van der Waals surface area contributed by atoms with Gasteiger partial charge in [0.2, 0.25) is 0 Å². The van der Waals surface area contributed by atoms with Crippen LogP contribution in [-0.4, -0.2) is 29.5 Å². The minimum Gasteiger partial charge on any atom is -0.382 e. The molecular formula is C15H19ClN4O2. The van der Waals surface area contributed by atoms with Gasteiger partial charge in [0, 0.05) is 25.4 Å². The smallest absolute Gasteiger partial charge is 0.315 e. The van der Waals surface area contributed by atoms with Crippen LogP contribution in [0.2, 0.25) is 5.02 Å². The van der Waals surface area contributed by atoms with E-state index < -0.39 is 0 Å². The Bertz CT molecular complexity index is 612. The molecule has 1 heterocycles. The Hall–Kier alpha value is -2.05. The van der Waals surface area contributed by atoms with Crippen molar-refractivity contribution in [3.63, 3.8) is 0 Å². The van der Waals surface area contributed by atoms with Gasteiger partial charge in [-0.2, -0.15) is 5.10 Å². The molecule has 2 amide bonds. The fourth-order valence-corrected chi connectivity index (χ4v) is 2.16. The molecule has 0 aliphatic rings. The molecule has 0 radical (unpaired) electrons. The molecule has 2 rings (SSSR count). The van der Waals surface area contributed by atoms with Crippen molar-refractivity contribution >= 4 is 17.6 Å². The number of ether oxygens (including phenoxy) is 1. The number of carbonyl (C=O) groups excluding carboxylic acids is 1. The van der Waals surface area contributed by atoms with Gasteiger partial charge in [0.05, 0.1) is 24.9 Å². The van der Waals surface area contributed by atoms with Crippen LogP contribution in [0.1, 0.15) is 17.3 Å². The number of aryl methyl sites for hydroxylation is 1. The van der Waals surface area contributed by atoms with E-state index in [4.69, 9.17) is 16.3 Å². The maximum absolute atomic E-state index is 12.0. The average molecular weight is 323 g/mol. The molecule has 0 bridgehead atoms. The number of amides is 2. The summed E-state index contributed by atoms with van der Waals surface area (Å²) in [6.07, 6.45) is 1.69. The molecule has 1 aromatic carbocycles. The minimum absolute atomic E-state index is 0.242. The van der Waals surface area contributed by atoms with Crippen LogP contribution in [0.5, 0.6) is 0 Å².